The van der Waals surface area contributed by atoms with Crippen molar-refractivity contribution in [1.82, 2.24) is 5.32 Å². The molecule has 1 fully saturated rings. The van der Waals surface area contributed by atoms with Crippen LogP contribution >= 0.6 is 11.8 Å². The summed E-state index contributed by atoms with van der Waals surface area (Å²) in [6, 6.07) is 7.66. The molecule has 2 aliphatic rings. The van der Waals surface area contributed by atoms with E-state index in [2.05, 4.69) is 17.2 Å². The van der Waals surface area contributed by atoms with Crippen LogP contribution in [0.2, 0.25) is 0 Å². The molecule has 2 atom stereocenters. The van der Waals surface area contributed by atoms with Crippen molar-refractivity contribution in [2.75, 3.05) is 5.75 Å². The van der Waals surface area contributed by atoms with E-state index in [0.717, 1.165) is 23.3 Å². The Balaban J connectivity index is 1.76. The monoisotopic (exact) mass is 331 g/mol. The fourth-order valence-corrected chi connectivity index (χ4v) is 4.07. The van der Waals surface area contributed by atoms with Crippen LogP contribution in [0.25, 0.3) is 0 Å². The van der Waals surface area contributed by atoms with Gasteiger partial charge in [0, 0.05) is 18.6 Å². The SMILES string of the molecule is C[C@@]1(c2cccc(CC(=O)[C@@H]3CCC(=O)N3)c2)CCSC(N)=N1. The summed E-state index contributed by atoms with van der Waals surface area (Å²) in [6.07, 6.45) is 2.31. The van der Waals surface area contributed by atoms with Crippen molar-refractivity contribution in [2.45, 2.75) is 44.2 Å². The van der Waals surface area contributed by atoms with E-state index in [9.17, 15) is 9.59 Å². The summed E-state index contributed by atoms with van der Waals surface area (Å²) >= 11 is 1.58. The van der Waals surface area contributed by atoms with Crippen molar-refractivity contribution in [3.05, 3.63) is 35.4 Å². The maximum absolute atomic E-state index is 12.3. The molecule has 3 N–H and O–H groups in total. The molecule has 5 nitrogen and oxygen atoms in total. The van der Waals surface area contributed by atoms with Crippen molar-refractivity contribution >= 4 is 28.6 Å². The van der Waals surface area contributed by atoms with Crippen LogP contribution in [-0.2, 0) is 21.5 Å². The summed E-state index contributed by atoms with van der Waals surface area (Å²) < 4.78 is 0. The van der Waals surface area contributed by atoms with Crippen molar-refractivity contribution < 1.29 is 9.59 Å². The lowest BCUT2D eigenvalue weighted by Gasteiger charge is -2.30. The number of rotatable bonds is 4. The molecule has 3 rings (SSSR count). The molecule has 2 aliphatic heterocycles. The van der Waals surface area contributed by atoms with E-state index in [0.29, 0.717) is 24.4 Å². The molecule has 0 aromatic heterocycles. The molecule has 1 aromatic rings. The summed E-state index contributed by atoms with van der Waals surface area (Å²) in [6.45, 7) is 2.08. The summed E-state index contributed by atoms with van der Waals surface area (Å²) in [7, 11) is 0. The number of Topliss-reactive ketones (excluding diaryl/α,β-unsaturated/α-hetero) is 1. The van der Waals surface area contributed by atoms with Gasteiger partial charge in [0.15, 0.2) is 11.0 Å². The Hall–Kier alpha value is -1.82. The highest BCUT2D eigenvalue weighted by molar-refractivity contribution is 8.13. The molecule has 1 amide bonds. The maximum atomic E-state index is 12.3. The smallest absolute Gasteiger partial charge is 0.220 e. The van der Waals surface area contributed by atoms with Gasteiger partial charge < -0.3 is 11.1 Å². The summed E-state index contributed by atoms with van der Waals surface area (Å²) in [5.41, 5.74) is 7.60. The molecule has 2 heterocycles. The highest BCUT2D eigenvalue weighted by Crippen LogP contribution is 2.35. The molecule has 0 radical (unpaired) electrons. The Morgan fingerprint density at radius 3 is 3.04 bits per heavy atom. The van der Waals surface area contributed by atoms with Gasteiger partial charge >= 0.3 is 0 Å². The topological polar surface area (TPSA) is 84.5 Å². The van der Waals surface area contributed by atoms with E-state index in [4.69, 9.17) is 5.73 Å². The molecule has 6 heteroatoms. The number of hydrogen-bond donors (Lipinski definition) is 2. The molecule has 23 heavy (non-hydrogen) atoms. The normalized spacial score (nSPS) is 27.4. The highest BCUT2D eigenvalue weighted by atomic mass is 32.2. The number of amides is 1. The summed E-state index contributed by atoms with van der Waals surface area (Å²) in [5.74, 6) is 0.984. The van der Waals surface area contributed by atoms with Gasteiger partial charge in [0.1, 0.15) is 0 Å². The van der Waals surface area contributed by atoms with Crippen molar-refractivity contribution in [3.8, 4) is 0 Å². The van der Waals surface area contributed by atoms with Crippen molar-refractivity contribution in [2.24, 2.45) is 10.7 Å². The standard InChI is InChI=1S/C17H21N3O2S/c1-17(7-8-23-16(18)20-17)12-4-2-3-11(9-12)10-14(21)13-5-6-15(22)19-13/h2-4,9,13H,5-8,10H2,1H3,(H2,18,20)(H,19,22)/t13-,17-/m0/s1. The molecular formula is C17H21N3O2S. The minimum absolute atomic E-state index is 0.0332. The molecule has 0 spiro atoms. The first-order valence-corrected chi connectivity index (χ1v) is 8.84. The lowest BCUT2D eigenvalue weighted by molar-refractivity contribution is -0.124. The zero-order valence-electron chi connectivity index (χ0n) is 13.2. The average molecular weight is 331 g/mol. The predicted molar refractivity (Wildman–Crippen MR) is 92.4 cm³/mol. The van der Waals surface area contributed by atoms with Crippen LogP contribution < -0.4 is 11.1 Å². The Bertz CT molecular complexity index is 674. The number of ketones is 1. The van der Waals surface area contributed by atoms with Crippen LogP contribution in [0.15, 0.2) is 29.3 Å². The van der Waals surface area contributed by atoms with Gasteiger partial charge in [0.2, 0.25) is 5.91 Å². The van der Waals surface area contributed by atoms with Gasteiger partial charge in [-0.3, -0.25) is 14.6 Å². The second kappa shape index (κ2) is 6.35. The van der Waals surface area contributed by atoms with Gasteiger partial charge in [-0.15, -0.1) is 0 Å². The predicted octanol–water partition coefficient (Wildman–Crippen LogP) is 1.74. The number of benzene rings is 1. The number of aliphatic imine (C=N–C) groups is 1. The van der Waals surface area contributed by atoms with Gasteiger partial charge in [0.25, 0.3) is 0 Å². The second-order valence-corrected chi connectivity index (χ2v) is 7.44. The van der Waals surface area contributed by atoms with Crippen LogP contribution in [0.4, 0.5) is 0 Å². The number of carbonyl (C=O) groups is 2. The van der Waals surface area contributed by atoms with Gasteiger partial charge in [-0.1, -0.05) is 36.0 Å². The van der Waals surface area contributed by atoms with Gasteiger partial charge in [-0.05, 0) is 30.9 Å². The number of amidine groups is 1. The van der Waals surface area contributed by atoms with E-state index in [-0.39, 0.29) is 23.3 Å². The minimum atomic E-state index is -0.332. The van der Waals surface area contributed by atoms with E-state index in [1.54, 1.807) is 11.8 Å². The largest absolute Gasteiger partial charge is 0.379 e. The fraction of sp³-hybridized carbons (Fsp3) is 0.471. The molecule has 0 unspecified atom stereocenters. The summed E-state index contributed by atoms with van der Waals surface area (Å²) in [4.78, 5) is 28.2. The number of thioether (sulfide) groups is 1. The number of nitrogens with one attached hydrogen (secondary N) is 1. The molecule has 0 aliphatic carbocycles. The van der Waals surface area contributed by atoms with Crippen LogP contribution in [-0.4, -0.2) is 28.7 Å². The van der Waals surface area contributed by atoms with Crippen LogP contribution in [0.1, 0.15) is 37.3 Å². The van der Waals surface area contributed by atoms with Crippen molar-refractivity contribution in [1.29, 1.82) is 0 Å². The summed E-state index contributed by atoms with van der Waals surface area (Å²) in [5, 5.41) is 3.35. The van der Waals surface area contributed by atoms with Crippen LogP contribution in [0.3, 0.4) is 0 Å². The third kappa shape index (κ3) is 3.58. The number of nitrogens with two attached hydrogens (primary N) is 1. The lowest BCUT2D eigenvalue weighted by atomic mass is 9.88. The maximum Gasteiger partial charge on any atom is 0.220 e. The highest BCUT2D eigenvalue weighted by Gasteiger charge is 2.30. The van der Waals surface area contributed by atoms with E-state index >= 15 is 0 Å². The van der Waals surface area contributed by atoms with Gasteiger partial charge in [-0.2, -0.15) is 0 Å². The van der Waals surface area contributed by atoms with Gasteiger partial charge in [0.05, 0.1) is 11.6 Å². The Morgan fingerprint density at radius 1 is 1.52 bits per heavy atom. The Morgan fingerprint density at radius 2 is 2.35 bits per heavy atom. The number of nitrogens with zero attached hydrogens (tertiary/aromatic N) is 1. The molecule has 122 valence electrons. The third-order valence-corrected chi connectivity index (χ3v) is 5.30. The van der Waals surface area contributed by atoms with Crippen LogP contribution in [0.5, 0.6) is 0 Å². The average Bonchev–Trinajstić information content (AvgIpc) is 2.94. The minimum Gasteiger partial charge on any atom is -0.379 e. The Labute approximate surface area is 140 Å². The third-order valence-electron chi connectivity index (χ3n) is 4.51. The first-order chi connectivity index (χ1) is 11.0. The van der Waals surface area contributed by atoms with E-state index in [1.807, 2.05) is 24.3 Å². The molecule has 0 bridgehead atoms. The quantitative estimate of drug-likeness (QED) is 0.880. The van der Waals surface area contributed by atoms with Crippen LogP contribution in [0, 0.1) is 0 Å². The number of hydrogen-bond acceptors (Lipinski definition) is 5. The zero-order chi connectivity index (χ0) is 16.4. The lowest BCUT2D eigenvalue weighted by Crippen LogP contribution is -2.34. The molecule has 1 saturated heterocycles. The molecule has 0 saturated carbocycles. The van der Waals surface area contributed by atoms with E-state index in [1.165, 1.54) is 0 Å². The molecular weight excluding hydrogens is 310 g/mol. The first kappa shape index (κ1) is 16.1. The Kier molecular flexibility index (Phi) is 4.43. The zero-order valence-corrected chi connectivity index (χ0v) is 14.0. The second-order valence-electron chi connectivity index (χ2n) is 6.32. The fourth-order valence-electron chi connectivity index (χ4n) is 3.09. The first-order valence-electron chi connectivity index (χ1n) is 7.86. The number of carbonyl (C=O) groups excluding carboxylic acids is 2. The van der Waals surface area contributed by atoms with Crippen molar-refractivity contribution in [3.63, 3.8) is 0 Å². The van der Waals surface area contributed by atoms with Gasteiger partial charge in [-0.25, -0.2) is 0 Å². The van der Waals surface area contributed by atoms with E-state index < -0.39 is 0 Å². The molecule has 1 aromatic carbocycles.